The lowest BCUT2D eigenvalue weighted by Gasteiger charge is -2.14. The van der Waals surface area contributed by atoms with E-state index in [2.05, 4.69) is 15.2 Å². The third-order valence-electron chi connectivity index (χ3n) is 5.90. The van der Waals surface area contributed by atoms with Crippen LogP contribution in [-0.4, -0.2) is 53.6 Å². The van der Waals surface area contributed by atoms with E-state index in [0.717, 1.165) is 36.2 Å². The van der Waals surface area contributed by atoms with Crippen molar-refractivity contribution in [3.63, 3.8) is 0 Å². The number of benzene rings is 2. The topological polar surface area (TPSA) is 96.4 Å². The van der Waals surface area contributed by atoms with Gasteiger partial charge in [-0.2, -0.15) is 0 Å². The molecule has 1 saturated heterocycles. The standard InChI is InChI=1S/C24H28N4O4/c1-32-21-8-3-2-7-18(21)16-28-23(30)19-10-9-17(15-20(19)26-24(28)31)22(29)25-11-6-14-27-12-4-5-13-27/h2-3,7-10,15H,4-6,11-14,16H2,1H3,(H,25,29)(H,26,31). The molecule has 1 fully saturated rings. The molecular formula is C24H28N4O4. The molecule has 0 bridgehead atoms. The summed E-state index contributed by atoms with van der Waals surface area (Å²) in [5, 5.41) is 3.27. The molecule has 0 saturated carbocycles. The first-order chi connectivity index (χ1) is 15.6. The average Bonchev–Trinajstić information content (AvgIpc) is 3.33. The van der Waals surface area contributed by atoms with Crippen molar-refractivity contribution in [2.45, 2.75) is 25.8 Å². The van der Waals surface area contributed by atoms with Crippen molar-refractivity contribution in [1.29, 1.82) is 0 Å². The van der Waals surface area contributed by atoms with Crippen molar-refractivity contribution in [1.82, 2.24) is 19.8 Å². The molecule has 2 N–H and O–H groups in total. The Kier molecular flexibility index (Phi) is 6.70. The number of H-pyrrole nitrogens is 1. The summed E-state index contributed by atoms with van der Waals surface area (Å²) in [6.07, 6.45) is 3.40. The molecule has 0 radical (unpaired) electrons. The van der Waals surface area contributed by atoms with E-state index in [1.54, 1.807) is 31.4 Å². The Morgan fingerprint density at radius 2 is 1.91 bits per heavy atom. The summed E-state index contributed by atoms with van der Waals surface area (Å²) >= 11 is 0. The lowest BCUT2D eigenvalue weighted by molar-refractivity contribution is 0.0952. The van der Waals surface area contributed by atoms with Gasteiger partial charge in [0.15, 0.2) is 0 Å². The normalized spacial score (nSPS) is 14.0. The fourth-order valence-corrected chi connectivity index (χ4v) is 4.16. The SMILES string of the molecule is COc1ccccc1Cn1c(=O)[nH]c2cc(C(=O)NCCCN3CCCC3)ccc2c1=O. The maximum Gasteiger partial charge on any atom is 0.329 e. The molecule has 0 unspecified atom stereocenters. The lowest BCUT2D eigenvalue weighted by Crippen LogP contribution is -2.35. The van der Waals surface area contributed by atoms with Gasteiger partial charge in [0, 0.05) is 17.7 Å². The number of aromatic nitrogens is 2. The average molecular weight is 437 g/mol. The number of carbonyl (C=O) groups is 1. The number of amides is 1. The summed E-state index contributed by atoms with van der Waals surface area (Å²) in [6, 6.07) is 12.0. The highest BCUT2D eigenvalue weighted by atomic mass is 16.5. The Balaban J connectivity index is 1.49. The zero-order chi connectivity index (χ0) is 22.5. The molecule has 8 heteroatoms. The molecule has 168 valence electrons. The maximum atomic E-state index is 13.0. The third-order valence-corrected chi connectivity index (χ3v) is 5.90. The second-order valence-electron chi connectivity index (χ2n) is 8.05. The summed E-state index contributed by atoms with van der Waals surface area (Å²) in [4.78, 5) is 43.3. The number of carbonyl (C=O) groups excluding carboxylic acids is 1. The number of nitrogens with zero attached hydrogens (tertiary/aromatic N) is 2. The summed E-state index contributed by atoms with van der Waals surface area (Å²) in [5.41, 5.74) is 0.549. The molecule has 0 aliphatic carbocycles. The van der Waals surface area contributed by atoms with Crippen LogP contribution >= 0.6 is 0 Å². The minimum absolute atomic E-state index is 0.0907. The molecule has 32 heavy (non-hydrogen) atoms. The van der Waals surface area contributed by atoms with Gasteiger partial charge >= 0.3 is 5.69 Å². The van der Waals surface area contributed by atoms with Crippen molar-refractivity contribution in [2.75, 3.05) is 33.3 Å². The second-order valence-corrected chi connectivity index (χ2v) is 8.05. The van der Waals surface area contributed by atoms with Crippen LogP contribution in [0.15, 0.2) is 52.1 Å². The summed E-state index contributed by atoms with van der Waals surface area (Å²) in [6.45, 7) is 3.94. The van der Waals surface area contributed by atoms with Crippen molar-refractivity contribution < 1.29 is 9.53 Å². The van der Waals surface area contributed by atoms with Gasteiger partial charge in [-0.05, 0) is 63.2 Å². The second kappa shape index (κ2) is 9.82. The molecule has 8 nitrogen and oxygen atoms in total. The highest BCUT2D eigenvalue weighted by molar-refractivity contribution is 5.97. The van der Waals surface area contributed by atoms with Gasteiger partial charge in [0.25, 0.3) is 11.5 Å². The first-order valence-electron chi connectivity index (χ1n) is 11.0. The van der Waals surface area contributed by atoms with E-state index in [9.17, 15) is 14.4 Å². The maximum absolute atomic E-state index is 13.0. The summed E-state index contributed by atoms with van der Waals surface area (Å²) in [7, 11) is 1.55. The minimum Gasteiger partial charge on any atom is -0.496 e. The predicted molar refractivity (Wildman–Crippen MR) is 124 cm³/mol. The van der Waals surface area contributed by atoms with Gasteiger partial charge in [0.2, 0.25) is 0 Å². The van der Waals surface area contributed by atoms with E-state index in [4.69, 9.17) is 4.74 Å². The Bertz CT molecular complexity index is 1220. The molecule has 1 amide bonds. The van der Waals surface area contributed by atoms with Crippen molar-refractivity contribution in [3.05, 3.63) is 74.4 Å². The van der Waals surface area contributed by atoms with Gasteiger partial charge in [-0.25, -0.2) is 4.79 Å². The number of likely N-dealkylation sites (tertiary alicyclic amines) is 1. The molecule has 2 heterocycles. The number of hydrogen-bond acceptors (Lipinski definition) is 5. The van der Waals surface area contributed by atoms with Crippen LogP contribution in [0.2, 0.25) is 0 Å². The minimum atomic E-state index is -0.531. The van der Waals surface area contributed by atoms with Gasteiger partial charge in [-0.15, -0.1) is 0 Å². The van der Waals surface area contributed by atoms with Crippen molar-refractivity contribution in [2.24, 2.45) is 0 Å². The largest absolute Gasteiger partial charge is 0.496 e. The van der Waals surface area contributed by atoms with Crippen LogP contribution in [-0.2, 0) is 6.54 Å². The van der Waals surface area contributed by atoms with E-state index in [1.165, 1.54) is 12.8 Å². The van der Waals surface area contributed by atoms with Crippen molar-refractivity contribution in [3.8, 4) is 5.75 Å². The zero-order valence-electron chi connectivity index (χ0n) is 18.2. The fraction of sp³-hybridized carbons (Fsp3) is 0.375. The quantitative estimate of drug-likeness (QED) is 0.527. The molecule has 1 aromatic heterocycles. The molecule has 1 aliphatic rings. The number of hydrogen-bond donors (Lipinski definition) is 2. The lowest BCUT2D eigenvalue weighted by atomic mass is 10.1. The van der Waals surface area contributed by atoms with Gasteiger partial charge in [0.1, 0.15) is 5.75 Å². The van der Waals surface area contributed by atoms with Crippen LogP contribution in [0.3, 0.4) is 0 Å². The van der Waals surface area contributed by atoms with Crippen LogP contribution < -0.4 is 21.3 Å². The summed E-state index contributed by atoms with van der Waals surface area (Å²) < 4.78 is 6.46. The van der Waals surface area contributed by atoms with E-state index < -0.39 is 11.2 Å². The van der Waals surface area contributed by atoms with E-state index in [1.807, 2.05) is 18.2 Å². The monoisotopic (exact) mass is 436 g/mol. The Morgan fingerprint density at radius 3 is 2.69 bits per heavy atom. The number of ether oxygens (including phenoxy) is 1. The fourth-order valence-electron chi connectivity index (χ4n) is 4.16. The first kappa shape index (κ1) is 21.8. The van der Waals surface area contributed by atoms with Gasteiger partial charge < -0.3 is 19.9 Å². The number of methoxy groups -OCH3 is 1. The van der Waals surface area contributed by atoms with Gasteiger partial charge in [-0.1, -0.05) is 18.2 Å². The molecule has 0 atom stereocenters. The number of para-hydroxylation sites is 1. The van der Waals surface area contributed by atoms with Crippen molar-refractivity contribution >= 4 is 16.8 Å². The third kappa shape index (κ3) is 4.75. The summed E-state index contributed by atoms with van der Waals surface area (Å²) in [5.74, 6) is 0.392. The highest BCUT2D eigenvalue weighted by Crippen LogP contribution is 2.18. The van der Waals surface area contributed by atoms with Gasteiger partial charge in [-0.3, -0.25) is 14.2 Å². The van der Waals surface area contributed by atoms with Crippen LogP contribution in [0.4, 0.5) is 0 Å². The first-order valence-corrected chi connectivity index (χ1v) is 11.0. The van der Waals surface area contributed by atoms with Crippen LogP contribution in [0.1, 0.15) is 35.2 Å². The molecule has 0 spiro atoms. The van der Waals surface area contributed by atoms with Crippen LogP contribution in [0.25, 0.3) is 10.9 Å². The molecular weight excluding hydrogens is 408 g/mol. The number of fused-ring (bicyclic) bond motifs is 1. The number of nitrogens with one attached hydrogen (secondary N) is 2. The van der Waals surface area contributed by atoms with E-state index in [0.29, 0.717) is 28.8 Å². The molecule has 4 rings (SSSR count). The Labute approximate surface area is 185 Å². The highest BCUT2D eigenvalue weighted by Gasteiger charge is 2.14. The molecule has 2 aromatic carbocycles. The smallest absolute Gasteiger partial charge is 0.329 e. The van der Waals surface area contributed by atoms with Crippen LogP contribution in [0, 0.1) is 0 Å². The Hall–Kier alpha value is -3.39. The van der Waals surface area contributed by atoms with E-state index >= 15 is 0 Å². The van der Waals surface area contributed by atoms with Gasteiger partial charge in [0.05, 0.1) is 24.6 Å². The number of aromatic amines is 1. The van der Waals surface area contributed by atoms with Crippen LogP contribution in [0.5, 0.6) is 5.75 Å². The zero-order valence-corrected chi connectivity index (χ0v) is 18.2. The Morgan fingerprint density at radius 1 is 1.12 bits per heavy atom. The predicted octanol–water partition coefficient (Wildman–Crippen LogP) is 1.96. The van der Waals surface area contributed by atoms with E-state index in [-0.39, 0.29) is 12.5 Å². The molecule has 3 aromatic rings. The molecule has 1 aliphatic heterocycles. The number of rotatable bonds is 8.